The van der Waals surface area contributed by atoms with Crippen molar-refractivity contribution in [2.45, 2.75) is 26.7 Å². The first kappa shape index (κ1) is 11.5. The highest BCUT2D eigenvalue weighted by Crippen LogP contribution is 2.18. The maximum absolute atomic E-state index is 11.2. The predicted octanol–water partition coefficient (Wildman–Crippen LogP) is 2.94. The van der Waals surface area contributed by atoms with Crippen LogP contribution in [0, 0.1) is 0 Å². The SMILES string of the molecule is C=CC(=O)Nc1cc(CC)ccc1CC. The molecule has 0 heterocycles. The molecule has 0 aliphatic rings. The zero-order chi connectivity index (χ0) is 11.3. The summed E-state index contributed by atoms with van der Waals surface area (Å²) in [5, 5.41) is 2.83. The summed E-state index contributed by atoms with van der Waals surface area (Å²) < 4.78 is 0. The first-order valence-corrected chi connectivity index (χ1v) is 5.26. The van der Waals surface area contributed by atoms with E-state index in [1.807, 2.05) is 6.07 Å². The molecule has 0 saturated heterocycles. The summed E-state index contributed by atoms with van der Waals surface area (Å²) >= 11 is 0. The molecule has 0 radical (unpaired) electrons. The molecular weight excluding hydrogens is 186 g/mol. The quantitative estimate of drug-likeness (QED) is 0.749. The number of benzene rings is 1. The molecule has 0 unspecified atom stereocenters. The maximum atomic E-state index is 11.2. The molecule has 0 bridgehead atoms. The molecule has 2 nitrogen and oxygen atoms in total. The first-order chi connectivity index (χ1) is 7.21. The van der Waals surface area contributed by atoms with Gasteiger partial charge in [-0.05, 0) is 36.1 Å². The highest BCUT2D eigenvalue weighted by molar-refractivity contribution is 5.99. The average molecular weight is 203 g/mol. The number of aryl methyl sites for hydroxylation is 2. The topological polar surface area (TPSA) is 29.1 Å². The fraction of sp³-hybridized carbons (Fsp3) is 0.308. The Hall–Kier alpha value is -1.57. The molecule has 1 N–H and O–H groups in total. The second-order valence-corrected chi connectivity index (χ2v) is 3.39. The van der Waals surface area contributed by atoms with Crippen LogP contribution >= 0.6 is 0 Å². The molecule has 0 saturated carbocycles. The number of anilines is 1. The molecule has 2 heteroatoms. The van der Waals surface area contributed by atoms with Gasteiger partial charge in [0.05, 0.1) is 0 Å². The Bertz CT molecular complexity index is 369. The maximum Gasteiger partial charge on any atom is 0.247 e. The van der Waals surface area contributed by atoms with Crippen LogP contribution in [0.2, 0.25) is 0 Å². The van der Waals surface area contributed by atoms with Crippen molar-refractivity contribution in [3.05, 3.63) is 42.0 Å². The van der Waals surface area contributed by atoms with Crippen LogP contribution in [-0.4, -0.2) is 5.91 Å². The summed E-state index contributed by atoms with van der Waals surface area (Å²) in [6.07, 6.45) is 3.18. The molecular formula is C13H17NO. The van der Waals surface area contributed by atoms with Crippen molar-refractivity contribution >= 4 is 11.6 Å². The molecule has 0 spiro atoms. The Morgan fingerprint density at radius 3 is 2.67 bits per heavy atom. The lowest BCUT2D eigenvalue weighted by Crippen LogP contribution is -2.09. The molecule has 1 amide bonds. The van der Waals surface area contributed by atoms with Gasteiger partial charge >= 0.3 is 0 Å². The van der Waals surface area contributed by atoms with E-state index in [9.17, 15) is 4.79 Å². The van der Waals surface area contributed by atoms with Crippen molar-refractivity contribution in [3.8, 4) is 0 Å². The van der Waals surface area contributed by atoms with Crippen LogP contribution in [-0.2, 0) is 17.6 Å². The molecule has 1 aromatic carbocycles. The minimum absolute atomic E-state index is 0.155. The van der Waals surface area contributed by atoms with Gasteiger partial charge < -0.3 is 5.32 Å². The van der Waals surface area contributed by atoms with Crippen molar-refractivity contribution in [3.63, 3.8) is 0 Å². The van der Waals surface area contributed by atoms with E-state index in [0.29, 0.717) is 0 Å². The summed E-state index contributed by atoms with van der Waals surface area (Å²) in [6, 6.07) is 6.19. The van der Waals surface area contributed by atoms with Crippen LogP contribution in [0.4, 0.5) is 5.69 Å². The second-order valence-electron chi connectivity index (χ2n) is 3.39. The number of hydrogen-bond donors (Lipinski definition) is 1. The fourth-order valence-electron chi connectivity index (χ4n) is 1.45. The van der Waals surface area contributed by atoms with E-state index in [-0.39, 0.29) is 5.91 Å². The van der Waals surface area contributed by atoms with E-state index in [1.165, 1.54) is 11.6 Å². The van der Waals surface area contributed by atoms with Crippen molar-refractivity contribution in [2.24, 2.45) is 0 Å². The summed E-state index contributed by atoms with van der Waals surface area (Å²) in [5.41, 5.74) is 3.29. The molecule has 1 aromatic rings. The van der Waals surface area contributed by atoms with E-state index in [2.05, 4.69) is 37.9 Å². The van der Waals surface area contributed by atoms with Crippen LogP contribution in [0.25, 0.3) is 0 Å². The van der Waals surface area contributed by atoms with Gasteiger partial charge in [-0.15, -0.1) is 0 Å². The van der Waals surface area contributed by atoms with Gasteiger partial charge in [0.1, 0.15) is 0 Å². The molecule has 0 atom stereocenters. The van der Waals surface area contributed by atoms with Crippen molar-refractivity contribution in [2.75, 3.05) is 5.32 Å². The van der Waals surface area contributed by atoms with Gasteiger partial charge in [-0.1, -0.05) is 32.6 Å². The van der Waals surface area contributed by atoms with E-state index < -0.39 is 0 Å². The van der Waals surface area contributed by atoms with Gasteiger partial charge in [-0.3, -0.25) is 4.79 Å². The van der Waals surface area contributed by atoms with Crippen molar-refractivity contribution in [1.29, 1.82) is 0 Å². The first-order valence-electron chi connectivity index (χ1n) is 5.26. The van der Waals surface area contributed by atoms with Gasteiger partial charge in [0.2, 0.25) is 5.91 Å². The Kier molecular flexibility index (Phi) is 4.10. The van der Waals surface area contributed by atoms with E-state index in [0.717, 1.165) is 24.1 Å². The van der Waals surface area contributed by atoms with Crippen molar-refractivity contribution in [1.82, 2.24) is 0 Å². The van der Waals surface area contributed by atoms with Gasteiger partial charge in [-0.2, -0.15) is 0 Å². The molecule has 0 aliphatic heterocycles. The molecule has 15 heavy (non-hydrogen) atoms. The third kappa shape index (κ3) is 2.94. The largest absolute Gasteiger partial charge is 0.322 e. The van der Waals surface area contributed by atoms with E-state index in [4.69, 9.17) is 0 Å². The highest BCUT2D eigenvalue weighted by atomic mass is 16.1. The third-order valence-electron chi connectivity index (χ3n) is 2.41. The Labute approximate surface area is 91.0 Å². The lowest BCUT2D eigenvalue weighted by molar-refractivity contribution is -0.111. The predicted molar refractivity (Wildman–Crippen MR) is 64.0 cm³/mol. The molecule has 80 valence electrons. The number of amides is 1. The highest BCUT2D eigenvalue weighted by Gasteiger charge is 2.03. The van der Waals surface area contributed by atoms with Crippen LogP contribution in [0.3, 0.4) is 0 Å². The Balaban J connectivity index is 3.00. The van der Waals surface area contributed by atoms with Gasteiger partial charge in [0.25, 0.3) is 0 Å². The molecule has 1 rings (SSSR count). The monoisotopic (exact) mass is 203 g/mol. The van der Waals surface area contributed by atoms with Gasteiger partial charge in [0.15, 0.2) is 0 Å². The van der Waals surface area contributed by atoms with Crippen LogP contribution < -0.4 is 5.32 Å². The Morgan fingerprint density at radius 2 is 2.13 bits per heavy atom. The molecule has 0 aromatic heterocycles. The van der Waals surface area contributed by atoms with E-state index in [1.54, 1.807) is 0 Å². The minimum atomic E-state index is -0.155. The Morgan fingerprint density at radius 1 is 1.40 bits per heavy atom. The summed E-state index contributed by atoms with van der Waals surface area (Å²) in [7, 11) is 0. The third-order valence-corrected chi connectivity index (χ3v) is 2.41. The number of hydrogen-bond acceptors (Lipinski definition) is 1. The van der Waals surface area contributed by atoms with Crippen molar-refractivity contribution < 1.29 is 4.79 Å². The van der Waals surface area contributed by atoms with Crippen LogP contribution in [0.1, 0.15) is 25.0 Å². The average Bonchev–Trinajstić information content (AvgIpc) is 2.28. The number of nitrogens with one attached hydrogen (secondary N) is 1. The number of carbonyl (C=O) groups is 1. The zero-order valence-electron chi connectivity index (χ0n) is 9.34. The fourth-order valence-corrected chi connectivity index (χ4v) is 1.45. The van der Waals surface area contributed by atoms with Gasteiger partial charge in [-0.25, -0.2) is 0 Å². The minimum Gasteiger partial charge on any atom is -0.322 e. The van der Waals surface area contributed by atoms with Gasteiger partial charge in [0, 0.05) is 5.69 Å². The van der Waals surface area contributed by atoms with Crippen LogP contribution in [0.15, 0.2) is 30.9 Å². The zero-order valence-corrected chi connectivity index (χ0v) is 9.34. The normalized spacial score (nSPS) is 9.73. The molecule has 0 aliphatic carbocycles. The summed E-state index contributed by atoms with van der Waals surface area (Å²) in [4.78, 5) is 11.2. The number of carbonyl (C=O) groups excluding carboxylic acids is 1. The number of rotatable bonds is 4. The summed E-state index contributed by atoms with van der Waals surface area (Å²) in [5.74, 6) is -0.155. The lowest BCUT2D eigenvalue weighted by Gasteiger charge is -2.10. The smallest absolute Gasteiger partial charge is 0.247 e. The second kappa shape index (κ2) is 5.35. The standard InChI is InChI=1S/C13H17NO/c1-4-10-7-8-11(5-2)12(9-10)14-13(15)6-3/h6-9H,3-5H2,1-2H3,(H,14,15). The van der Waals surface area contributed by atoms with Crippen LogP contribution in [0.5, 0.6) is 0 Å². The summed E-state index contributed by atoms with van der Waals surface area (Å²) in [6.45, 7) is 7.61. The lowest BCUT2D eigenvalue weighted by atomic mass is 10.1. The van der Waals surface area contributed by atoms with E-state index >= 15 is 0 Å². The molecule has 0 fully saturated rings.